The van der Waals surface area contributed by atoms with Gasteiger partial charge in [-0.3, -0.25) is 4.79 Å². The van der Waals surface area contributed by atoms with Gasteiger partial charge in [-0.25, -0.2) is 8.42 Å². The Morgan fingerprint density at radius 3 is 2.63 bits per heavy atom. The zero-order chi connectivity index (χ0) is 19.3. The Balaban J connectivity index is 1.90. The molecule has 0 unspecified atom stereocenters. The molecule has 1 amide bonds. The molecule has 140 valence electrons. The van der Waals surface area contributed by atoms with Crippen molar-refractivity contribution in [2.45, 2.75) is 30.8 Å². The second-order valence-corrected chi connectivity index (χ2v) is 10.1. The standard InChI is InChI=1S/C19H17ClN2O3S2/c1-11-18(15-9-14(20)6-7-17(15)26-11)27(24,25)22-10-13-5-3-2-4-12(13)8-16(22)19(21)23/h2-7,9,16H,8,10H2,1H3,(H2,21,23)/t16-/m0/s1. The first kappa shape index (κ1) is 18.4. The van der Waals surface area contributed by atoms with Crippen LogP contribution in [0.1, 0.15) is 16.0 Å². The molecule has 0 spiro atoms. The molecule has 1 atom stereocenters. The molecule has 8 heteroatoms. The molecule has 1 aliphatic heterocycles. The van der Waals surface area contributed by atoms with E-state index in [9.17, 15) is 13.2 Å². The Morgan fingerprint density at radius 2 is 1.93 bits per heavy atom. The lowest BCUT2D eigenvalue weighted by Gasteiger charge is -2.34. The van der Waals surface area contributed by atoms with Gasteiger partial charge in [-0.05, 0) is 42.7 Å². The number of primary amides is 1. The van der Waals surface area contributed by atoms with Crippen LogP contribution in [0.3, 0.4) is 0 Å². The number of carbonyl (C=O) groups excluding carboxylic acids is 1. The molecule has 1 aromatic heterocycles. The van der Waals surface area contributed by atoms with E-state index in [0.717, 1.165) is 15.8 Å². The lowest BCUT2D eigenvalue weighted by Crippen LogP contribution is -2.51. The fourth-order valence-corrected chi connectivity index (χ4v) is 7.09. The zero-order valence-corrected chi connectivity index (χ0v) is 16.9. The van der Waals surface area contributed by atoms with Crippen molar-refractivity contribution in [3.8, 4) is 0 Å². The summed E-state index contributed by atoms with van der Waals surface area (Å²) in [5.74, 6) is -0.650. The van der Waals surface area contributed by atoms with E-state index >= 15 is 0 Å². The molecular formula is C19H17ClN2O3S2. The Bertz CT molecular complexity index is 1170. The van der Waals surface area contributed by atoms with E-state index in [4.69, 9.17) is 17.3 Å². The summed E-state index contributed by atoms with van der Waals surface area (Å²) in [6, 6.07) is 11.8. The smallest absolute Gasteiger partial charge is 0.245 e. The fraction of sp³-hybridized carbons (Fsp3) is 0.211. The molecule has 0 bridgehead atoms. The normalized spacial score (nSPS) is 17.8. The third-order valence-electron chi connectivity index (χ3n) is 4.87. The summed E-state index contributed by atoms with van der Waals surface area (Å²) >= 11 is 7.50. The average molecular weight is 421 g/mol. The highest BCUT2D eigenvalue weighted by Crippen LogP contribution is 2.39. The first-order valence-electron chi connectivity index (χ1n) is 8.35. The van der Waals surface area contributed by atoms with Crippen LogP contribution in [0.2, 0.25) is 5.02 Å². The van der Waals surface area contributed by atoms with Crippen LogP contribution in [0.4, 0.5) is 0 Å². The van der Waals surface area contributed by atoms with Crippen LogP contribution in [0.25, 0.3) is 10.1 Å². The number of halogens is 1. The highest BCUT2D eigenvalue weighted by Gasteiger charge is 2.40. The first-order valence-corrected chi connectivity index (χ1v) is 11.0. The number of rotatable bonds is 3. The minimum absolute atomic E-state index is 0.115. The van der Waals surface area contributed by atoms with Crippen molar-refractivity contribution in [1.82, 2.24) is 4.31 Å². The van der Waals surface area contributed by atoms with Crippen LogP contribution in [-0.2, 0) is 27.8 Å². The van der Waals surface area contributed by atoms with Gasteiger partial charge in [0, 0.05) is 26.5 Å². The minimum atomic E-state index is -3.95. The maximum absolute atomic E-state index is 13.6. The van der Waals surface area contributed by atoms with Gasteiger partial charge in [-0.15, -0.1) is 11.3 Å². The molecule has 0 radical (unpaired) electrons. The second kappa shape index (κ2) is 6.60. The molecule has 1 aliphatic rings. The maximum atomic E-state index is 13.6. The molecule has 4 rings (SSSR count). The van der Waals surface area contributed by atoms with Crippen LogP contribution in [0.15, 0.2) is 47.4 Å². The van der Waals surface area contributed by atoms with Crippen molar-refractivity contribution >= 4 is 49.0 Å². The van der Waals surface area contributed by atoms with Crippen molar-refractivity contribution < 1.29 is 13.2 Å². The monoisotopic (exact) mass is 420 g/mol. The second-order valence-electron chi connectivity index (χ2n) is 6.57. The predicted octanol–water partition coefficient (Wildman–Crippen LogP) is 3.46. The highest BCUT2D eigenvalue weighted by atomic mass is 35.5. The Labute approximate surface area is 166 Å². The van der Waals surface area contributed by atoms with Gasteiger partial charge in [0.15, 0.2) is 0 Å². The van der Waals surface area contributed by atoms with E-state index in [1.54, 1.807) is 19.1 Å². The fourth-order valence-electron chi connectivity index (χ4n) is 3.60. The van der Waals surface area contributed by atoms with Crippen molar-refractivity contribution in [2.75, 3.05) is 0 Å². The summed E-state index contributed by atoms with van der Waals surface area (Å²) in [4.78, 5) is 13.0. The summed E-state index contributed by atoms with van der Waals surface area (Å²) in [6.07, 6.45) is 0.270. The number of hydrogen-bond donors (Lipinski definition) is 1. The number of carbonyl (C=O) groups is 1. The Hall–Kier alpha value is -1.93. The lowest BCUT2D eigenvalue weighted by molar-refractivity contribution is -0.122. The third-order valence-corrected chi connectivity index (χ3v) is 8.36. The van der Waals surface area contributed by atoms with Crippen LogP contribution in [0, 0.1) is 6.92 Å². The molecule has 2 aromatic carbocycles. The summed E-state index contributed by atoms with van der Waals surface area (Å²) in [5.41, 5.74) is 7.41. The van der Waals surface area contributed by atoms with Gasteiger partial charge < -0.3 is 5.73 Å². The van der Waals surface area contributed by atoms with E-state index in [1.165, 1.54) is 15.6 Å². The van der Waals surface area contributed by atoms with E-state index in [2.05, 4.69) is 0 Å². The number of sulfonamides is 1. The molecule has 2 N–H and O–H groups in total. The topological polar surface area (TPSA) is 80.5 Å². The molecule has 2 heterocycles. The summed E-state index contributed by atoms with van der Waals surface area (Å²) < 4.78 is 29.3. The van der Waals surface area contributed by atoms with Gasteiger partial charge in [0.2, 0.25) is 15.9 Å². The number of nitrogens with two attached hydrogens (primary N) is 1. The van der Waals surface area contributed by atoms with E-state index in [1.807, 2.05) is 30.3 Å². The zero-order valence-electron chi connectivity index (χ0n) is 14.5. The molecule has 27 heavy (non-hydrogen) atoms. The molecule has 0 fully saturated rings. The van der Waals surface area contributed by atoms with Crippen molar-refractivity contribution in [3.63, 3.8) is 0 Å². The SMILES string of the molecule is Cc1sc2ccc(Cl)cc2c1S(=O)(=O)N1Cc2ccccc2C[C@H]1C(N)=O. The Morgan fingerprint density at radius 1 is 1.22 bits per heavy atom. The number of nitrogens with zero attached hydrogens (tertiary/aromatic N) is 1. The first-order chi connectivity index (χ1) is 12.8. The highest BCUT2D eigenvalue weighted by molar-refractivity contribution is 7.89. The molecular weight excluding hydrogens is 404 g/mol. The average Bonchev–Trinajstić information content (AvgIpc) is 2.96. The van der Waals surface area contributed by atoms with Gasteiger partial charge >= 0.3 is 0 Å². The number of thiophene rings is 1. The van der Waals surface area contributed by atoms with Gasteiger partial charge in [0.25, 0.3) is 0 Å². The predicted molar refractivity (Wildman–Crippen MR) is 107 cm³/mol. The van der Waals surface area contributed by atoms with E-state index in [0.29, 0.717) is 15.3 Å². The van der Waals surface area contributed by atoms with Crippen molar-refractivity contribution in [2.24, 2.45) is 5.73 Å². The minimum Gasteiger partial charge on any atom is -0.368 e. The van der Waals surface area contributed by atoms with Crippen molar-refractivity contribution in [1.29, 1.82) is 0 Å². The van der Waals surface area contributed by atoms with Gasteiger partial charge in [0.05, 0.1) is 0 Å². The van der Waals surface area contributed by atoms with Crippen LogP contribution >= 0.6 is 22.9 Å². The lowest BCUT2D eigenvalue weighted by atomic mass is 9.96. The number of benzene rings is 2. The molecule has 5 nitrogen and oxygen atoms in total. The number of hydrogen-bond acceptors (Lipinski definition) is 4. The van der Waals surface area contributed by atoms with Gasteiger partial charge in [-0.1, -0.05) is 35.9 Å². The van der Waals surface area contributed by atoms with Crippen LogP contribution in [0.5, 0.6) is 0 Å². The molecule has 0 saturated heterocycles. The number of aryl methyl sites for hydroxylation is 1. The maximum Gasteiger partial charge on any atom is 0.245 e. The van der Waals surface area contributed by atoms with Gasteiger partial charge in [-0.2, -0.15) is 4.31 Å². The Kier molecular flexibility index (Phi) is 4.50. The summed E-state index contributed by atoms with van der Waals surface area (Å²) in [7, 11) is -3.95. The molecule has 0 saturated carbocycles. The number of fused-ring (bicyclic) bond motifs is 2. The summed E-state index contributed by atoms with van der Waals surface area (Å²) in [6.45, 7) is 1.88. The number of amides is 1. The molecule has 3 aromatic rings. The van der Waals surface area contributed by atoms with Crippen molar-refractivity contribution in [3.05, 3.63) is 63.5 Å². The van der Waals surface area contributed by atoms with Crippen LogP contribution in [-0.4, -0.2) is 24.7 Å². The van der Waals surface area contributed by atoms with Gasteiger partial charge in [0.1, 0.15) is 10.9 Å². The summed E-state index contributed by atoms with van der Waals surface area (Å²) in [5, 5.41) is 1.04. The molecule has 0 aliphatic carbocycles. The quantitative estimate of drug-likeness (QED) is 0.704. The van der Waals surface area contributed by atoms with E-state index < -0.39 is 22.0 Å². The third kappa shape index (κ3) is 3.04. The van der Waals surface area contributed by atoms with E-state index in [-0.39, 0.29) is 17.9 Å². The largest absolute Gasteiger partial charge is 0.368 e. The van der Waals surface area contributed by atoms with Crippen LogP contribution < -0.4 is 5.73 Å².